The summed E-state index contributed by atoms with van der Waals surface area (Å²) in [6.07, 6.45) is -3.98. The molecule has 15 N–H and O–H groups in total. The molecular formula is C53H81N8O23P3S2. The monoisotopic (exact) mass is 1350 g/mol. The highest BCUT2D eigenvalue weighted by Crippen LogP contribution is 2.49. The molecule has 498 valence electrons. The largest absolute Gasteiger partial charge is 0.529 e. The highest BCUT2D eigenvalue weighted by Gasteiger charge is 2.49. The lowest BCUT2D eigenvalue weighted by Gasteiger charge is -2.30. The lowest BCUT2D eigenvalue weighted by atomic mass is 9.95. The zero-order valence-electron chi connectivity index (χ0n) is 49.8. The number of anilines is 1. The summed E-state index contributed by atoms with van der Waals surface area (Å²) < 4.78 is 68.3. The number of nitrogens with zero attached hydrogens (tertiary/aromatic N) is 3. The van der Waals surface area contributed by atoms with E-state index in [1.807, 2.05) is 30.3 Å². The Morgan fingerprint density at radius 1 is 0.742 bits per heavy atom. The fourth-order valence-electron chi connectivity index (χ4n) is 8.16. The Morgan fingerprint density at radius 2 is 1.29 bits per heavy atom. The van der Waals surface area contributed by atoms with Crippen LogP contribution >= 0.6 is 47.9 Å². The molecule has 1 saturated heterocycles. The lowest BCUT2D eigenvalue weighted by Crippen LogP contribution is -2.49. The van der Waals surface area contributed by atoms with Gasteiger partial charge in [0.05, 0.1) is 24.3 Å². The van der Waals surface area contributed by atoms with Crippen molar-refractivity contribution in [1.29, 1.82) is 0 Å². The van der Waals surface area contributed by atoms with E-state index in [2.05, 4.69) is 51.8 Å². The first-order valence-electron chi connectivity index (χ1n) is 27.5. The number of thiol groups is 1. The van der Waals surface area contributed by atoms with Crippen molar-refractivity contribution in [2.24, 2.45) is 16.5 Å². The summed E-state index contributed by atoms with van der Waals surface area (Å²) in [7, 11) is -11.7. The SMILES string of the molecule is COP(=O)(O)OC(C)(C)[C@H](O)C(=O)CCCC(=O)CCCSC(=O)[C@@H](N)Cc1ccccc1.COP(=O)(O)OC(C)(C)[C@H](O)C(=O)NCCC(=O)NCCS.Nc1ncnc2c1N=CC2[C@@H]1O[C@H](COP(=O)(O)OC(=O)[C@@H](N)Cc2ccccc2)[C@@H](O)[C@H]1O. The second-order valence-electron chi connectivity index (χ2n) is 20.9. The van der Waals surface area contributed by atoms with E-state index in [4.69, 9.17) is 35.5 Å². The molecule has 3 aromatic rings. The van der Waals surface area contributed by atoms with E-state index in [1.165, 1.54) is 40.2 Å². The number of aliphatic hydroxyl groups excluding tert-OH is 4. The molecule has 3 heterocycles. The highest BCUT2D eigenvalue weighted by molar-refractivity contribution is 8.13. The number of phosphoric ester groups is 3. The number of hydrogen-bond acceptors (Lipinski definition) is 28. The molecule has 31 nitrogen and oxygen atoms in total. The van der Waals surface area contributed by atoms with Crippen LogP contribution < -0.4 is 27.8 Å². The summed E-state index contributed by atoms with van der Waals surface area (Å²) in [5.74, 6) is -2.36. The Morgan fingerprint density at radius 3 is 1.85 bits per heavy atom. The minimum absolute atomic E-state index is 0.00540. The number of Topliss-reactive ketones (excluding diaryl/α,β-unsaturated/α-hetero) is 2. The van der Waals surface area contributed by atoms with Gasteiger partial charge >= 0.3 is 29.4 Å². The van der Waals surface area contributed by atoms with Gasteiger partial charge in [0, 0.05) is 70.7 Å². The summed E-state index contributed by atoms with van der Waals surface area (Å²) in [4.78, 5) is 112. The lowest BCUT2D eigenvalue weighted by molar-refractivity contribution is -0.141. The molecule has 12 atom stereocenters. The number of hydrogen-bond donors (Lipinski definition) is 13. The van der Waals surface area contributed by atoms with E-state index in [0.29, 0.717) is 42.3 Å². The number of fused-ring (bicyclic) bond motifs is 1. The van der Waals surface area contributed by atoms with Crippen LogP contribution in [0.3, 0.4) is 0 Å². The van der Waals surface area contributed by atoms with E-state index in [9.17, 15) is 77.6 Å². The molecular weight excluding hydrogens is 1270 g/mol. The normalized spacial score (nSPS) is 20.4. The Kier molecular flexibility index (Phi) is 32.6. The van der Waals surface area contributed by atoms with Crippen LogP contribution in [-0.4, -0.2) is 191 Å². The van der Waals surface area contributed by atoms with Gasteiger partial charge in [-0.1, -0.05) is 72.4 Å². The summed E-state index contributed by atoms with van der Waals surface area (Å²) in [5.41, 5.74) is 16.7. The number of nitrogens with two attached hydrogens (primary N) is 3. The summed E-state index contributed by atoms with van der Waals surface area (Å²) in [6.45, 7) is 4.90. The maximum absolute atomic E-state index is 12.2. The average molecular weight is 1360 g/mol. The molecule has 4 unspecified atom stereocenters. The number of nitrogen functional groups attached to an aromatic ring is 1. The van der Waals surface area contributed by atoms with Crippen molar-refractivity contribution in [1.82, 2.24) is 20.6 Å². The Hall–Kier alpha value is -4.80. The molecule has 2 aliphatic rings. The number of ether oxygens (including phenoxy) is 1. The molecule has 36 heteroatoms. The topological polar surface area (TPSA) is 500 Å². The van der Waals surface area contributed by atoms with Crippen molar-refractivity contribution in [3.8, 4) is 0 Å². The number of carbonyl (C=O) groups is 6. The fourth-order valence-corrected chi connectivity index (χ4v) is 11.3. The minimum Gasteiger partial charge on any atom is -0.388 e. The van der Waals surface area contributed by atoms with Gasteiger partial charge in [0.25, 0.3) is 5.91 Å². The number of amides is 2. The van der Waals surface area contributed by atoms with Crippen LogP contribution in [0.2, 0.25) is 0 Å². The van der Waals surface area contributed by atoms with Crippen LogP contribution in [0.1, 0.15) is 89.0 Å². The molecule has 5 rings (SSSR count). The predicted molar refractivity (Wildman–Crippen MR) is 327 cm³/mol. The molecule has 0 bridgehead atoms. The van der Waals surface area contributed by atoms with Crippen molar-refractivity contribution >= 4 is 100 Å². The van der Waals surface area contributed by atoms with Crippen LogP contribution in [0.4, 0.5) is 11.5 Å². The van der Waals surface area contributed by atoms with Gasteiger partial charge in [-0.2, -0.15) is 12.6 Å². The van der Waals surface area contributed by atoms with Crippen LogP contribution in [0.15, 0.2) is 72.0 Å². The summed E-state index contributed by atoms with van der Waals surface area (Å²) >= 11 is 5.05. The molecule has 0 spiro atoms. The maximum atomic E-state index is 12.2. The number of carbonyl (C=O) groups excluding carboxylic acids is 6. The van der Waals surface area contributed by atoms with E-state index < -0.39 is 114 Å². The quantitative estimate of drug-likeness (QED) is 0.0230. The first-order chi connectivity index (χ1) is 41.6. The number of aliphatic hydroxyl groups is 4. The first kappa shape index (κ1) is 78.4. The molecule has 2 amide bonds. The zero-order chi connectivity index (χ0) is 66.9. The second-order valence-corrected chi connectivity index (χ2v) is 26.8. The third-order valence-electron chi connectivity index (χ3n) is 13.0. The van der Waals surface area contributed by atoms with Crippen molar-refractivity contribution in [3.05, 3.63) is 83.8 Å². The smallest absolute Gasteiger partial charge is 0.388 e. The van der Waals surface area contributed by atoms with Crippen molar-refractivity contribution in [2.75, 3.05) is 51.2 Å². The molecule has 1 aromatic heterocycles. The molecule has 0 aliphatic carbocycles. The molecule has 1 fully saturated rings. The van der Waals surface area contributed by atoms with Gasteiger partial charge in [0.2, 0.25) is 11.0 Å². The molecule has 2 aromatic carbocycles. The molecule has 89 heavy (non-hydrogen) atoms. The van der Waals surface area contributed by atoms with Crippen molar-refractivity contribution in [2.45, 2.75) is 145 Å². The van der Waals surface area contributed by atoms with Crippen LogP contribution in [-0.2, 0) is 87.2 Å². The van der Waals surface area contributed by atoms with Gasteiger partial charge in [0.15, 0.2) is 17.7 Å². The van der Waals surface area contributed by atoms with E-state index in [1.54, 1.807) is 30.3 Å². The number of ketones is 2. The maximum Gasteiger partial charge on any atom is 0.529 e. The number of nitrogens with one attached hydrogen (secondary N) is 2. The number of benzene rings is 2. The third-order valence-corrected chi connectivity index (χ3v) is 17.5. The van der Waals surface area contributed by atoms with Gasteiger partial charge < -0.3 is 67.3 Å². The number of thioether (sulfide) groups is 1. The average Bonchev–Trinajstić information content (AvgIpc) is 1.86. The summed E-state index contributed by atoms with van der Waals surface area (Å²) in [5, 5.41) is 45.6. The zero-order valence-corrected chi connectivity index (χ0v) is 54.1. The fraction of sp³-hybridized carbons (Fsp3) is 0.566. The number of aromatic nitrogens is 2. The minimum atomic E-state index is -4.88. The second kappa shape index (κ2) is 37.0. The molecule has 0 saturated carbocycles. The van der Waals surface area contributed by atoms with Crippen molar-refractivity contribution < 1.29 is 109 Å². The van der Waals surface area contributed by atoms with Crippen LogP contribution in [0, 0.1) is 0 Å². The van der Waals surface area contributed by atoms with Crippen molar-refractivity contribution in [3.63, 3.8) is 0 Å². The van der Waals surface area contributed by atoms with E-state index in [0.717, 1.165) is 37.1 Å². The van der Waals surface area contributed by atoms with Gasteiger partial charge in [0.1, 0.15) is 65.6 Å². The van der Waals surface area contributed by atoms with Gasteiger partial charge in [-0.05, 0) is 64.5 Å². The number of phosphoric acid groups is 3. The van der Waals surface area contributed by atoms with Crippen LogP contribution in [0.5, 0.6) is 0 Å². The predicted octanol–water partition coefficient (Wildman–Crippen LogP) is 1.83. The van der Waals surface area contributed by atoms with Crippen LogP contribution in [0.25, 0.3) is 0 Å². The Bertz CT molecular complexity index is 2980. The molecule has 0 radical (unpaired) electrons. The number of aliphatic imine (C=N–C) groups is 1. The number of rotatable bonds is 34. The highest BCUT2D eigenvalue weighted by atomic mass is 32.2. The standard InChI is InChI=1S/C22H34NO8PS.C20H24N5O8P.C11H23N2O7PS/c1-22(2,31-32(28,29)30-3)20(26)19(25)13-7-11-17(24)12-8-14-33-21(27)18(23)15-16-9-5-4-6-10-16;21-12(6-10-4-2-1-3-5-10)20(28)33-34(29,30)31-8-13-16(26)17(27)18(32-13)11-7-23-15-14(11)24-9-25-19(15)22;1-11(2,20-21(17,18)19-3)9(15)10(16)13-5-4-8(14)12-6-7-22/h4-6,9-10,18,20,26H,7-8,11-15,23H2,1-3H3,(H,28,29);1-5,7,9,11-13,16-18,26-27H,6,8,21H2,(H,29,30)(H2,22,24,25);9,15,22H,4-7H2,1-3H3,(H,12,14)(H,13,16)(H,17,18)/t18-,20+;11?,12-,13+,16+,17+,18-;9-/m001/s1. The van der Waals surface area contributed by atoms with Gasteiger partial charge in [-0.3, -0.25) is 56.5 Å². The Balaban J connectivity index is 0.000000358. The van der Waals surface area contributed by atoms with E-state index >= 15 is 0 Å². The first-order valence-corrected chi connectivity index (χ1v) is 33.6. The van der Waals surface area contributed by atoms with E-state index in [-0.39, 0.29) is 67.7 Å². The Labute approximate surface area is 524 Å². The summed E-state index contributed by atoms with van der Waals surface area (Å²) in [6, 6.07) is 16.5. The van der Waals surface area contributed by atoms with Gasteiger partial charge in [-0.25, -0.2) is 28.5 Å². The third kappa shape index (κ3) is 27.1. The van der Waals surface area contributed by atoms with Gasteiger partial charge in [-0.15, -0.1) is 0 Å². The molecule has 2 aliphatic heterocycles.